The average molecular weight is 372 g/mol. The van der Waals surface area contributed by atoms with Gasteiger partial charge in [-0.3, -0.25) is 19.7 Å². The number of hydrogen-bond acceptors (Lipinski definition) is 6. The zero-order valence-corrected chi connectivity index (χ0v) is 15.5. The minimum Gasteiger partial charge on any atom is -0.340 e. The normalized spacial score (nSPS) is 20.5. The summed E-state index contributed by atoms with van der Waals surface area (Å²) in [6.07, 6.45) is 0.0209. The monoisotopic (exact) mass is 372 g/mol. The summed E-state index contributed by atoms with van der Waals surface area (Å²) in [4.78, 5) is 44.3. The zero-order valence-electron chi connectivity index (χ0n) is 15.5. The van der Waals surface area contributed by atoms with Gasteiger partial charge in [0.25, 0.3) is 0 Å². The Labute approximate surface area is 157 Å². The number of nitrogens with zero attached hydrogens (tertiary/aromatic N) is 3. The second-order valence-corrected chi connectivity index (χ2v) is 6.76. The van der Waals surface area contributed by atoms with Crippen molar-refractivity contribution in [1.82, 2.24) is 15.1 Å². The molecule has 3 N–H and O–H groups in total. The lowest BCUT2D eigenvalue weighted by Gasteiger charge is -2.36. The second-order valence-electron chi connectivity index (χ2n) is 6.76. The number of nitrogens with one attached hydrogen (secondary N) is 3. The summed E-state index contributed by atoms with van der Waals surface area (Å²) < 4.78 is 0. The molecule has 2 aliphatic heterocycles. The summed E-state index contributed by atoms with van der Waals surface area (Å²) in [6.45, 7) is 4.71. The third-order valence-electron chi connectivity index (χ3n) is 4.49. The van der Waals surface area contributed by atoms with Gasteiger partial charge in [0.1, 0.15) is 6.04 Å². The van der Waals surface area contributed by atoms with Crippen molar-refractivity contribution < 1.29 is 14.4 Å². The topological polar surface area (TPSA) is 106 Å². The highest BCUT2D eigenvalue weighted by Crippen LogP contribution is 2.16. The first-order valence-corrected chi connectivity index (χ1v) is 8.90. The van der Waals surface area contributed by atoms with Crippen molar-refractivity contribution in [1.29, 1.82) is 0 Å². The first-order valence-electron chi connectivity index (χ1n) is 8.90. The number of rotatable bonds is 3. The molecule has 9 heteroatoms. The van der Waals surface area contributed by atoms with Crippen LogP contribution in [0.4, 0.5) is 11.4 Å². The van der Waals surface area contributed by atoms with Gasteiger partial charge in [-0.05, 0) is 31.3 Å². The van der Waals surface area contributed by atoms with E-state index in [0.717, 1.165) is 26.2 Å². The average Bonchev–Trinajstić information content (AvgIpc) is 2.63. The summed E-state index contributed by atoms with van der Waals surface area (Å²) in [6, 6.07) is 6.02. The molecular weight excluding hydrogens is 348 g/mol. The van der Waals surface area contributed by atoms with Gasteiger partial charge < -0.3 is 20.4 Å². The number of likely N-dealkylation sites (N-methyl/N-ethyl adjacent to an activating group) is 1. The lowest BCUT2D eigenvalue weighted by molar-refractivity contribution is -0.125. The van der Waals surface area contributed by atoms with Crippen molar-refractivity contribution >= 4 is 35.1 Å². The number of aliphatic imine (C=N–C) groups is 1. The van der Waals surface area contributed by atoms with Gasteiger partial charge in [-0.25, -0.2) is 4.99 Å². The van der Waals surface area contributed by atoms with Crippen molar-refractivity contribution in [3.63, 3.8) is 0 Å². The molecule has 144 valence electrons. The molecule has 0 spiro atoms. The minimum atomic E-state index is -0.761. The van der Waals surface area contributed by atoms with Crippen LogP contribution in [0.1, 0.15) is 13.3 Å². The molecule has 0 aliphatic carbocycles. The van der Waals surface area contributed by atoms with E-state index in [4.69, 9.17) is 0 Å². The number of amides is 3. The number of carbonyl (C=O) groups excluding carboxylic acids is 3. The molecule has 0 saturated carbocycles. The molecule has 1 fully saturated rings. The molecule has 1 aromatic carbocycles. The van der Waals surface area contributed by atoms with E-state index in [1.807, 2.05) is 11.9 Å². The summed E-state index contributed by atoms with van der Waals surface area (Å²) >= 11 is 0. The van der Waals surface area contributed by atoms with Crippen molar-refractivity contribution in [3.8, 4) is 0 Å². The van der Waals surface area contributed by atoms with Crippen LogP contribution in [0.5, 0.6) is 0 Å². The van der Waals surface area contributed by atoms with Crippen LogP contribution < -0.4 is 16.0 Å². The fourth-order valence-electron chi connectivity index (χ4n) is 2.97. The van der Waals surface area contributed by atoms with E-state index in [9.17, 15) is 14.4 Å². The SMILES string of the molecule is CC(=O)Nc1ccc(NC(=O)C2CC(=O)NC(N3CCN(C)CC3)=N2)cc1. The first kappa shape index (κ1) is 18.8. The quantitative estimate of drug-likeness (QED) is 0.697. The standard InChI is InChI=1S/C18H24N6O3/c1-12(25)19-13-3-5-14(6-4-13)20-17(27)15-11-16(26)22-18(21-15)24-9-7-23(2)8-10-24/h3-6,15H,7-11H2,1-2H3,(H,19,25)(H,20,27)(H,21,22,26). The van der Waals surface area contributed by atoms with Gasteiger partial charge in [-0.1, -0.05) is 0 Å². The molecule has 2 heterocycles. The van der Waals surface area contributed by atoms with E-state index in [-0.39, 0.29) is 24.1 Å². The minimum absolute atomic E-state index is 0.0209. The van der Waals surface area contributed by atoms with E-state index >= 15 is 0 Å². The van der Waals surface area contributed by atoms with Crippen LogP contribution in [-0.4, -0.2) is 72.7 Å². The van der Waals surface area contributed by atoms with Crippen LogP contribution >= 0.6 is 0 Å². The van der Waals surface area contributed by atoms with Crippen molar-refractivity contribution in [3.05, 3.63) is 24.3 Å². The van der Waals surface area contributed by atoms with Crippen molar-refractivity contribution in [2.45, 2.75) is 19.4 Å². The maximum atomic E-state index is 12.6. The molecule has 1 atom stereocenters. The fraction of sp³-hybridized carbons (Fsp3) is 0.444. The molecule has 1 saturated heterocycles. The first-order chi connectivity index (χ1) is 12.9. The number of anilines is 2. The van der Waals surface area contributed by atoms with Crippen molar-refractivity contribution in [2.24, 2.45) is 4.99 Å². The van der Waals surface area contributed by atoms with Gasteiger partial charge in [0.2, 0.25) is 23.7 Å². The Balaban J connectivity index is 1.65. The van der Waals surface area contributed by atoms with E-state index in [1.165, 1.54) is 6.92 Å². The largest absolute Gasteiger partial charge is 0.340 e. The van der Waals surface area contributed by atoms with E-state index in [2.05, 4.69) is 25.8 Å². The van der Waals surface area contributed by atoms with Gasteiger partial charge in [0, 0.05) is 44.5 Å². The Kier molecular flexibility index (Phi) is 5.70. The Hall–Kier alpha value is -2.94. The lowest BCUT2D eigenvalue weighted by atomic mass is 10.1. The number of carbonyl (C=O) groups is 3. The van der Waals surface area contributed by atoms with E-state index in [1.54, 1.807) is 24.3 Å². The third kappa shape index (κ3) is 5.04. The Morgan fingerprint density at radius 2 is 1.67 bits per heavy atom. The summed E-state index contributed by atoms with van der Waals surface area (Å²) in [5.74, 6) is -0.227. The summed E-state index contributed by atoms with van der Waals surface area (Å²) in [7, 11) is 2.05. The Morgan fingerprint density at radius 1 is 1.07 bits per heavy atom. The molecule has 1 aromatic rings. The highest BCUT2D eigenvalue weighted by molar-refractivity contribution is 6.06. The zero-order chi connectivity index (χ0) is 19.4. The van der Waals surface area contributed by atoms with Gasteiger partial charge in [0.05, 0.1) is 6.42 Å². The molecule has 3 rings (SSSR count). The molecule has 2 aliphatic rings. The van der Waals surface area contributed by atoms with Gasteiger partial charge in [-0.2, -0.15) is 0 Å². The highest BCUT2D eigenvalue weighted by atomic mass is 16.2. The molecule has 9 nitrogen and oxygen atoms in total. The van der Waals surface area contributed by atoms with Crippen LogP contribution in [0.25, 0.3) is 0 Å². The van der Waals surface area contributed by atoms with Gasteiger partial charge in [0.15, 0.2) is 0 Å². The maximum absolute atomic E-state index is 12.6. The molecule has 0 radical (unpaired) electrons. The number of guanidine groups is 1. The van der Waals surface area contributed by atoms with Gasteiger partial charge >= 0.3 is 0 Å². The van der Waals surface area contributed by atoms with Gasteiger partial charge in [-0.15, -0.1) is 0 Å². The fourth-order valence-corrected chi connectivity index (χ4v) is 2.97. The van der Waals surface area contributed by atoms with E-state index in [0.29, 0.717) is 17.3 Å². The lowest BCUT2D eigenvalue weighted by Crippen LogP contribution is -2.55. The molecular formula is C18H24N6O3. The maximum Gasteiger partial charge on any atom is 0.249 e. The smallest absolute Gasteiger partial charge is 0.249 e. The number of benzene rings is 1. The van der Waals surface area contributed by atoms with Crippen LogP contribution in [0.2, 0.25) is 0 Å². The molecule has 0 aromatic heterocycles. The highest BCUT2D eigenvalue weighted by Gasteiger charge is 2.30. The Bertz CT molecular complexity index is 753. The predicted octanol–water partition coefficient (Wildman–Crippen LogP) is 0.0754. The summed E-state index contributed by atoms with van der Waals surface area (Å²) in [5, 5.41) is 8.22. The van der Waals surface area contributed by atoms with Crippen LogP contribution in [0.15, 0.2) is 29.3 Å². The number of piperazine rings is 1. The van der Waals surface area contributed by atoms with E-state index < -0.39 is 6.04 Å². The Morgan fingerprint density at radius 3 is 2.26 bits per heavy atom. The molecule has 1 unspecified atom stereocenters. The summed E-state index contributed by atoms with van der Waals surface area (Å²) in [5.41, 5.74) is 1.23. The number of hydrogen-bond donors (Lipinski definition) is 3. The van der Waals surface area contributed by atoms with Crippen molar-refractivity contribution in [2.75, 3.05) is 43.9 Å². The van der Waals surface area contributed by atoms with Crippen LogP contribution in [0, 0.1) is 0 Å². The van der Waals surface area contributed by atoms with Crippen LogP contribution in [-0.2, 0) is 14.4 Å². The third-order valence-corrected chi connectivity index (χ3v) is 4.49. The second kappa shape index (κ2) is 8.17. The predicted molar refractivity (Wildman–Crippen MR) is 102 cm³/mol. The van der Waals surface area contributed by atoms with Crippen LogP contribution in [0.3, 0.4) is 0 Å². The molecule has 0 bridgehead atoms. The molecule has 27 heavy (non-hydrogen) atoms. The molecule has 3 amide bonds.